The Bertz CT molecular complexity index is 584. The first-order chi connectivity index (χ1) is 8.56. The lowest BCUT2D eigenvalue weighted by Crippen LogP contribution is -2.11. The molecule has 0 radical (unpaired) electrons. The molecular formula is C13H10ClIN2O. The topological polar surface area (TPSA) is 55.1 Å². The van der Waals surface area contributed by atoms with E-state index in [1.165, 1.54) is 0 Å². The average molecular weight is 373 g/mol. The van der Waals surface area contributed by atoms with Crippen LogP contribution in [0.25, 0.3) is 0 Å². The maximum absolute atomic E-state index is 12.0. The molecule has 0 aliphatic heterocycles. The van der Waals surface area contributed by atoms with Gasteiger partial charge in [0, 0.05) is 14.8 Å². The second-order valence-corrected chi connectivity index (χ2v) is 5.35. The van der Waals surface area contributed by atoms with Gasteiger partial charge in [0.25, 0.3) is 5.91 Å². The largest absolute Gasteiger partial charge is 0.398 e. The quantitative estimate of drug-likeness (QED) is 0.623. The Hall–Kier alpha value is -1.27. The van der Waals surface area contributed by atoms with Crippen LogP contribution in [-0.2, 0) is 0 Å². The molecule has 2 aromatic carbocycles. The average Bonchev–Trinajstić information content (AvgIpc) is 2.35. The van der Waals surface area contributed by atoms with E-state index in [9.17, 15) is 4.79 Å². The van der Waals surface area contributed by atoms with Crippen LogP contribution in [0.5, 0.6) is 0 Å². The zero-order valence-corrected chi connectivity index (χ0v) is 12.2. The van der Waals surface area contributed by atoms with Gasteiger partial charge in [-0.05, 0) is 65.1 Å². The first kappa shape index (κ1) is 13.2. The van der Waals surface area contributed by atoms with Gasteiger partial charge in [0.15, 0.2) is 0 Å². The highest BCUT2D eigenvalue weighted by atomic mass is 127. The van der Waals surface area contributed by atoms with E-state index in [0.29, 0.717) is 16.3 Å². The first-order valence-electron chi connectivity index (χ1n) is 5.18. The van der Waals surface area contributed by atoms with Crippen LogP contribution in [-0.4, -0.2) is 5.91 Å². The zero-order valence-electron chi connectivity index (χ0n) is 9.28. The van der Waals surface area contributed by atoms with Crippen molar-refractivity contribution < 1.29 is 4.79 Å². The van der Waals surface area contributed by atoms with Gasteiger partial charge in [-0.2, -0.15) is 0 Å². The number of nitrogen functional groups attached to an aromatic ring is 1. The predicted molar refractivity (Wildman–Crippen MR) is 83.0 cm³/mol. The van der Waals surface area contributed by atoms with E-state index in [2.05, 4.69) is 27.9 Å². The Balaban J connectivity index is 2.16. The Morgan fingerprint density at radius 2 is 1.83 bits per heavy atom. The van der Waals surface area contributed by atoms with E-state index in [1.54, 1.807) is 18.2 Å². The maximum Gasteiger partial charge on any atom is 0.255 e. The fourth-order valence-corrected chi connectivity index (χ4v) is 1.94. The summed E-state index contributed by atoms with van der Waals surface area (Å²) in [5.74, 6) is -0.210. The number of hydrogen-bond donors (Lipinski definition) is 2. The van der Waals surface area contributed by atoms with E-state index in [-0.39, 0.29) is 5.91 Å². The number of anilines is 2. The second-order valence-electron chi connectivity index (χ2n) is 3.70. The number of carbonyl (C=O) groups is 1. The van der Waals surface area contributed by atoms with Gasteiger partial charge in [-0.3, -0.25) is 4.79 Å². The Labute approximate surface area is 123 Å². The molecule has 0 bridgehead atoms. The number of rotatable bonds is 2. The third-order valence-electron chi connectivity index (χ3n) is 2.36. The molecule has 0 heterocycles. The van der Waals surface area contributed by atoms with Gasteiger partial charge in [0.05, 0.1) is 10.7 Å². The van der Waals surface area contributed by atoms with Gasteiger partial charge in [0.1, 0.15) is 0 Å². The summed E-state index contributed by atoms with van der Waals surface area (Å²) in [6, 6.07) is 12.3. The predicted octanol–water partition coefficient (Wildman–Crippen LogP) is 3.78. The molecule has 0 atom stereocenters. The summed E-state index contributed by atoms with van der Waals surface area (Å²) in [4.78, 5) is 12.0. The van der Waals surface area contributed by atoms with Gasteiger partial charge in [-0.25, -0.2) is 0 Å². The van der Waals surface area contributed by atoms with E-state index in [0.717, 1.165) is 9.26 Å². The summed E-state index contributed by atoms with van der Waals surface area (Å²) in [6.45, 7) is 0. The number of halogens is 2. The fraction of sp³-hybridized carbons (Fsp3) is 0. The van der Waals surface area contributed by atoms with Gasteiger partial charge in [0.2, 0.25) is 0 Å². The van der Waals surface area contributed by atoms with E-state index < -0.39 is 0 Å². The molecule has 3 nitrogen and oxygen atoms in total. The number of carbonyl (C=O) groups excluding carboxylic acids is 1. The van der Waals surface area contributed by atoms with Gasteiger partial charge >= 0.3 is 0 Å². The summed E-state index contributed by atoms with van der Waals surface area (Å²) < 4.78 is 1.11. The molecule has 0 aliphatic carbocycles. The molecule has 2 aromatic rings. The van der Waals surface area contributed by atoms with Gasteiger partial charge in [-0.15, -0.1) is 0 Å². The summed E-state index contributed by atoms with van der Waals surface area (Å²) in [5, 5.41) is 3.17. The van der Waals surface area contributed by atoms with Crippen molar-refractivity contribution in [3.8, 4) is 0 Å². The van der Waals surface area contributed by atoms with Crippen LogP contribution in [0.3, 0.4) is 0 Å². The van der Waals surface area contributed by atoms with Crippen molar-refractivity contribution in [3.05, 3.63) is 56.6 Å². The highest BCUT2D eigenvalue weighted by Crippen LogP contribution is 2.20. The molecule has 0 fully saturated rings. The van der Waals surface area contributed by atoms with Crippen LogP contribution < -0.4 is 11.1 Å². The molecule has 0 spiro atoms. The molecule has 92 valence electrons. The summed E-state index contributed by atoms with van der Waals surface area (Å²) in [6.07, 6.45) is 0. The van der Waals surface area contributed by atoms with Crippen LogP contribution in [0.2, 0.25) is 5.02 Å². The van der Waals surface area contributed by atoms with E-state index in [4.69, 9.17) is 17.3 Å². The molecule has 0 saturated heterocycles. The standard InChI is InChI=1S/C13H10ClIN2O/c14-11-7-8(1-6-12(11)16)13(18)17-10-4-2-9(15)3-5-10/h1-7H,16H2,(H,17,18). The van der Waals surface area contributed by atoms with Gasteiger partial charge < -0.3 is 11.1 Å². The zero-order chi connectivity index (χ0) is 13.1. The Kier molecular flexibility index (Phi) is 4.08. The smallest absolute Gasteiger partial charge is 0.255 e. The van der Waals surface area contributed by atoms with Crippen molar-refractivity contribution in [3.63, 3.8) is 0 Å². The molecular weight excluding hydrogens is 363 g/mol. The number of amides is 1. The summed E-state index contributed by atoms with van der Waals surface area (Å²) in [5.41, 5.74) is 7.28. The number of hydrogen-bond acceptors (Lipinski definition) is 2. The lowest BCUT2D eigenvalue weighted by molar-refractivity contribution is 0.102. The monoisotopic (exact) mass is 372 g/mol. The highest BCUT2D eigenvalue weighted by molar-refractivity contribution is 14.1. The maximum atomic E-state index is 12.0. The van der Waals surface area contributed by atoms with Crippen molar-refractivity contribution >= 4 is 51.5 Å². The van der Waals surface area contributed by atoms with Crippen LogP contribution in [0.15, 0.2) is 42.5 Å². The minimum Gasteiger partial charge on any atom is -0.398 e. The molecule has 3 N–H and O–H groups in total. The molecule has 0 unspecified atom stereocenters. The third-order valence-corrected chi connectivity index (χ3v) is 3.41. The SMILES string of the molecule is Nc1ccc(C(=O)Nc2ccc(I)cc2)cc1Cl. The Morgan fingerprint density at radius 3 is 2.44 bits per heavy atom. The minimum absolute atomic E-state index is 0.210. The van der Waals surface area contributed by atoms with Crippen LogP contribution in [0.1, 0.15) is 10.4 Å². The molecule has 0 aliphatic rings. The molecule has 1 amide bonds. The third kappa shape index (κ3) is 3.14. The van der Waals surface area contributed by atoms with E-state index in [1.807, 2.05) is 24.3 Å². The van der Waals surface area contributed by atoms with Gasteiger partial charge in [-0.1, -0.05) is 11.6 Å². The first-order valence-corrected chi connectivity index (χ1v) is 6.64. The minimum atomic E-state index is -0.210. The van der Waals surface area contributed by atoms with Crippen molar-refractivity contribution in [1.29, 1.82) is 0 Å². The number of nitrogens with two attached hydrogens (primary N) is 1. The van der Waals surface area contributed by atoms with Crippen LogP contribution in [0.4, 0.5) is 11.4 Å². The van der Waals surface area contributed by atoms with Crippen molar-refractivity contribution in [1.82, 2.24) is 0 Å². The summed E-state index contributed by atoms with van der Waals surface area (Å²) >= 11 is 8.08. The lowest BCUT2D eigenvalue weighted by Gasteiger charge is -2.06. The fourth-order valence-electron chi connectivity index (χ4n) is 1.40. The highest BCUT2D eigenvalue weighted by Gasteiger charge is 2.07. The summed E-state index contributed by atoms with van der Waals surface area (Å²) in [7, 11) is 0. The van der Waals surface area contributed by atoms with Crippen molar-refractivity contribution in [2.45, 2.75) is 0 Å². The van der Waals surface area contributed by atoms with Crippen LogP contribution >= 0.6 is 34.2 Å². The molecule has 18 heavy (non-hydrogen) atoms. The molecule has 5 heteroatoms. The molecule has 2 rings (SSSR count). The molecule has 0 aromatic heterocycles. The van der Waals surface area contributed by atoms with E-state index >= 15 is 0 Å². The van der Waals surface area contributed by atoms with Crippen LogP contribution in [0, 0.1) is 3.57 Å². The normalized spacial score (nSPS) is 10.1. The van der Waals surface area contributed by atoms with Crippen molar-refractivity contribution in [2.24, 2.45) is 0 Å². The lowest BCUT2D eigenvalue weighted by atomic mass is 10.2. The number of nitrogens with one attached hydrogen (secondary N) is 1. The van der Waals surface area contributed by atoms with Crippen molar-refractivity contribution in [2.75, 3.05) is 11.1 Å². The second kappa shape index (κ2) is 5.58. The molecule has 0 saturated carbocycles. The number of benzene rings is 2. The Morgan fingerprint density at radius 1 is 1.17 bits per heavy atom.